The fourth-order valence-electron chi connectivity index (χ4n) is 5.55. The van der Waals surface area contributed by atoms with Crippen molar-refractivity contribution in [2.45, 2.75) is 44.1 Å². The number of hydrogen-bond donors (Lipinski definition) is 1. The molecule has 3 aromatic rings. The molecule has 0 aliphatic heterocycles. The van der Waals surface area contributed by atoms with Gasteiger partial charge in [-0.1, -0.05) is 37.0 Å². The first-order valence-corrected chi connectivity index (χ1v) is 11.6. The second-order valence-corrected chi connectivity index (χ2v) is 10.1. The molecule has 3 aromatic carbocycles. The van der Waals surface area contributed by atoms with Gasteiger partial charge in [-0.15, -0.1) is 0 Å². The molecule has 1 N–H and O–H groups in total. The molecule has 0 bridgehead atoms. The average molecular weight is 508 g/mol. The van der Waals surface area contributed by atoms with E-state index in [1.165, 1.54) is 25.5 Å². The van der Waals surface area contributed by atoms with Crippen LogP contribution in [0.1, 0.15) is 48.8 Å². The molecule has 0 saturated heterocycles. The molecule has 0 radical (unpaired) electrons. The summed E-state index contributed by atoms with van der Waals surface area (Å²) in [4.78, 5) is 0. The number of methoxy groups -OCH3 is 1. The van der Waals surface area contributed by atoms with Crippen molar-refractivity contribution in [3.05, 3.63) is 74.9 Å². The van der Waals surface area contributed by atoms with Crippen LogP contribution in [0, 0.1) is 20.8 Å². The SMILES string of the molecule is COc1ccc2c3c(ccc2c1)[C@@H]1CC[C@@](O)(C#Cc2ccc(I)cc2)[C@@]1(C)CC3. The topological polar surface area (TPSA) is 29.5 Å². The van der Waals surface area contributed by atoms with Crippen LogP contribution in [0.25, 0.3) is 10.8 Å². The van der Waals surface area contributed by atoms with Gasteiger partial charge in [0.1, 0.15) is 11.4 Å². The molecule has 0 amide bonds. The molecule has 3 heteroatoms. The Bertz CT molecular complexity index is 1190. The Labute approximate surface area is 191 Å². The molecule has 1 saturated carbocycles. The van der Waals surface area contributed by atoms with Crippen LogP contribution < -0.4 is 4.74 Å². The maximum atomic E-state index is 11.7. The summed E-state index contributed by atoms with van der Waals surface area (Å²) in [6.45, 7) is 2.24. The fourth-order valence-corrected chi connectivity index (χ4v) is 5.91. The average Bonchev–Trinajstić information content (AvgIpc) is 3.04. The minimum atomic E-state index is -0.951. The van der Waals surface area contributed by atoms with Gasteiger partial charge in [0.2, 0.25) is 0 Å². The monoisotopic (exact) mass is 508 g/mol. The van der Waals surface area contributed by atoms with E-state index in [2.05, 4.69) is 77.8 Å². The van der Waals surface area contributed by atoms with Gasteiger partial charge in [-0.25, -0.2) is 0 Å². The van der Waals surface area contributed by atoms with Crippen LogP contribution in [-0.4, -0.2) is 17.8 Å². The van der Waals surface area contributed by atoms with Crippen molar-refractivity contribution < 1.29 is 9.84 Å². The lowest BCUT2D eigenvalue weighted by molar-refractivity contribution is -0.0155. The largest absolute Gasteiger partial charge is 0.497 e. The first kappa shape index (κ1) is 19.9. The van der Waals surface area contributed by atoms with Gasteiger partial charge in [0.25, 0.3) is 0 Å². The van der Waals surface area contributed by atoms with Gasteiger partial charge in [0, 0.05) is 14.5 Å². The van der Waals surface area contributed by atoms with E-state index in [0.29, 0.717) is 5.92 Å². The highest BCUT2D eigenvalue weighted by atomic mass is 127. The Morgan fingerprint density at radius 1 is 1.07 bits per heavy atom. The molecule has 2 nitrogen and oxygen atoms in total. The lowest BCUT2D eigenvalue weighted by atomic mass is 9.61. The maximum Gasteiger partial charge on any atom is 0.131 e. The molecule has 0 unspecified atom stereocenters. The van der Waals surface area contributed by atoms with Gasteiger partial charge < -0.3 is 9.84 Å². The summed E-state index contributed by atoms with van der Waals surface area (Å²) in [6, 6.07) is 19.0. The third kappa shape index (κ3) is 3.04. The van der Waals surface area contributed by atoms with E-state index >= 15 is 0 Å². The molecule has 0 heterocycles. The molecule has 1 fully saturated rings. The summed E-state index contributed by atoms with van der Waals surface area (Å²) in [7, 11) is 1.71. The van der Waals surface area contributed by atoms with Gasteiger partial charge in [0.15, 0.2) is 0 Å². The minimum Gasteiger partial charge on any atom is -0.497 e. The number of ether oxygens (including phenoxy) is 1. The van der Waals surface area contributed by atoms with E-state index in [0.717, 1.165) is 37.0 Å². The zero-order valence-electron chi connectivity index (χ0n) is 17.3. The van der Waals surface area contributed by atoms with E-state index in [4.69, 9.17) is 4.74 Å². The van der Waals surface area contributed by atoms with Crippen LogP contribution in [0.4, 0.5) is 0 Å². The molecule has 2 aliphatic carbocycles. The Morgan fingerprint density at radius 3 is 2.63 bits per heavy atom. The Balaban J connectivity index is 1.53. The zero-order valence-corrected chi connectivity index (χ0v) is 19.5. The number of benzene rings is 3. The van der Waals surface area contributed by atoms with Crippen molar-refractivity contribution in [3.63, 3.8) is 0 Å². The van der Waals surface area contributed by atoms with Crippen LogP contribution in [-0.2, 0) is 6.42 Å². The second kappa shape index (κ2) is 7.28. The molecule has 3 atom stereocenters. The summed E-state index contributed by atoms with van der Waals surface area (Å²) in [6.07, 6.45) is 3.63. The molecular weight excluding hydrogens is 483 g/mol. The zero-order chi connectivity index (χ0) is 20.9. The molecule has 152 valence electrons. The lowest BCUT2D eigenvalue weighted by Gasteiger charge is -2.44. The standard InChI is InChI=1S/C27H25IO2/c1-26-14-12-23-22-10-8-21(30-2)17-19(22)5-9-24(23)25(26)13-16-27(26,29)15-11-18-3-6-20(28)7-4-18/h3-10,17,25,29H,12-14,16H2,1-2H3/t25-,26-,27-/m0/s1. The van der Waals surface area contributed by atoms with Crippen molar-refractivity contribution >= 4 is 33.4 Å². The molecule has 2 aliphatic rings. The summed E-state index contributed by atoms with van der Waals surface area (Å²) < 4.78 is 6.59. The van der Waals surface area contributed by atoms with E-state index in [9.17, 15) is 5.11 Å². The van der Waals surface area contributed by atoms with Gasteiger partial charge in [-0.05, 0) is 112 Å². The second-order valence-electron chi connectivity index (χ2n) is 8.85. The Kier molecular flexibility index (Phi) is 4.83. The molecule has 0 aromatic heterocycles. The van der Waals surface area contributed by atoms with Crippen LogP contribution >= 0.6 is 22.6 Å². The minimum absolute atomic E-state index is 0.226. The number of hydrogen-bond acceptors (Lipinski definition) is 2. The number of halogens is 1. The van der Waals surface area contributed by atoms with Gasteiger partial charge >= 0.3 is 0 Å². The van der Waals surface area contributed by atoms with Crippen LogP contribution in [0.3, 0.4) is 0 Å². The molecule has 30 heavy (non-hydrogen) atoms. The Morgan fingerprint density at radius 2 is 1.87 bits per heavy atom. The number of aryl methyl sites for hydroxylation is 1. The van der Waals surface area contributed by atoms with Gasteiger partial charge in [-0.3, -0.25) is 0 Å². The van der Waals surface area contributed by atoms with Crippen molar-refractivity contribution in [1.82, 2.24) is 0 Å². The highest BCUT2D eigenvalue weighted by molar-refractivity contribution is 14.1. The quantitative estimate of drug-likeness (QED) is 0.320. The number of aliphatic hydroxyl groups is 1. The summed E-state index contributed by atoms with van der Waals surface area (Å²) in [5.41, 5.74) is 2.62. The fraction of sp³-hybridized carbons (Fsp3) is 0.333. The summed E-state index contributed by atoms with van der Waals surface area (Å²) in [5, 5.41) is 14.2. The third-order valence-corrected chi connectivity index (χ3v) is 8.13. The molecular formula is C27H25IO2. The summed E-state index contributed by atoms with van der Waals surface area (Å²) >= 11 is 2.30. The van der Waals surface area contributed by atoms with E-state index in [-0.39, 0.29) is 5.41 Å². The lowest BCUT2D eigenvalue weighted by Crippen LogP contribution is -2.45. The molecule has 5 rings (SSSR count). The van der Waals surface area contributed by atoms with Crippen LogP contribution in [0.5, 0.6) is 5.75 Å². The van der Waals surface area contributed by atoms with Gasteiger partial charge in [-0.2, -0.15) is 0 Å². The number of fused-ring (bicyclic) bond motifs is 5. The van der Waals surface area contributed by atoms with E-state index in [1.54, 1.807) is 7.11 Å². The summed E-state index contributed by atoms with van der Waals surface area (Å²) in [5.74, 6) is 7.79. The number of rotatable bonds is 1. The van der Waals surface area contributed by atoms with E-state index < -0.39 is 5.60 Å². The normalized spacial score (nSPS) is 27.1. The van der Waals surface area contributed by atoms with Crippen molar-refractivity contribution in [3.8, 4) is 17.6 Å². The van der Waals surface area contributed by atoms with Crippen LogP contribution in [0.15, 0.2) is 54.6 Å². The Hall–Kier alpha value is -2.03. The van der Waals surface area contributed by atoms with E-state index in [1.807, 2.05) is 18.2 Å². The van der Waals surface area contributed by atoms with Crippen molar-refractivity contribution in [2.24, 2.45) is 5.41 Å². The third-order valence-electron chi connectivity index (χ3n) is 7.41. The van der Waals surface area contributed by atoms with Crippen molar-refractivity contribution in [2.75, 3.05) is 7.11 Å². The molecule has 0 spiro atoms. The maximum absolute atomic E-state index is 11.7. The van der Waals surface area contributed by atoms with Gasteiger partial charge in [0.05, 0.1) is 7.11 Å². The highest BCUT2D eigenvalue weighted by Crippen LogP contribution is 2.60. The van der Waals surface area contributed by atoms with Crippen LogP contribution in [0.2, 0.25) is 0 Å². The highest BCUT2D eigenvalue weighted by Gasteiger charge is 2.57. The first-order valence-electron chi connectivity index (χ1n) is 10.5. The first-order chi connectivity index (χ1) is 14.4. The smallest absolute Gasteiger partial charge is 0.131 e. The predicted molar refractivity (Wildman–Crippen MR) is 130 cm³/mol. The van der Waals surface area contributed by atoms with Crippen molar-refractivity contribution in [1.29, 1.82) is 0 Å². The predicted octanol–water partition coefficient (Wildman–Crippen LogP) is 6.07.